The van der Waals surface area contributed by atoms with Gasteiger partial charge in [0, 0.05) is 12.7 Å². The first-order chi connectivity index (χ1) is 7.25. The van der Waals surface area contributed by atoms with Crippen molar-refractivity contribution >= 4 is 34.2 Å². The molecule has 84 valence electrons. The van der Waals surface area contributed by atoms with Crippen LogP contribution in [0.3, 0.4) is 0 Å². The van der Waals surface area contributed by atoms with Crippen molar-refractivity contribution in [3.8, 4) is 0 Å². The third kappa shape index (κ3) is 3.34. The SMILES string of the molecule is Clc1cn(CCC2CCCCC2)nc1I. The zero-order valence-electron chi connectivity index (χ0n) is 8.75. The van der Waals surface area contributed by atoms with E-state index in [1.807, 2.05) is 10.9 Å². The van der Waals surface area contributed by atoms with Gasteiger partial charge in [0.25, 0.3) is 0 Å². The fourth-order valence-electron chi connectivity index (χ4n) is 2.28. The third-order valence-corrected chi connectivity index (χ3v) is 4.56. The first kappa shape index (κ1) is 11.7. The van der Waals surface area contributed by atoms with Crippen molar-refractivity contribution in [2.45, 2.75) is 45.1 Å². The summed E-state index contributed by atoms with van der Waals surface area (Å²) in [4.78, 5) is 0. The monoisotopic (exact) mass is 338 g/mol. The molecule has 2 rings (SSSR count). The lowest BCUT2D eigenvalue weighted by Crippen LogP contribution is -2.10. The molecular weight excluding hydrogens is 322 g/mol. The molecule has 0 aromatic carbocycles. The van der Waals surface area contributed by atoms with Crippen LogP contribution >= 0.6 is 34.2 Å². The lowest BCUT2D eigenvalue weighted by atomic mass is 9.87. The highest BCUT2D eigenvalue weighted by molar-refractivity contribution is 14.1. The lowest BCUT2D eigenvalue weighted by Gasteiger charge is -2.21. The summed E-state index contributed by atoms with van der Waals surface area (Å²) in [6.45, 7) is 1.02. The molecular formula is C11H16ClIN2. The molecule has 1 aliphatic rings. The molecule has 0 aliphatic heterocycles. The van der Waals surface area contributed by atoms with E-state index < -0.39 is 0 Å². The number of nitrogens with zero attached hydrogens (tertiary/aromatic N) is 2. The average molecular weight is 339 g/mol. The molecule has 4 heteroatoms. The number of rotatable bonds is 3. The Balaban J connectivity index is 1.81. The smallest absolute Gasteiger partial charge is 0.141 e. The van der Waals surface area contributed by atoms with E-state index in [4.69, 9.17) is 11.6 Å². The molecule has 2 nitrogen and oxygen atoms in total. The van der Waals surface area contributed by atoms with Gasteiger partial charge in [-0.1, -0.05) is 43.7 Å². The topological polar surface area (TPSA) is 17.8 Å². The van der Waals surface area contributed by atoms with Gasteiger partial charge in [-0.2, -0.15) is 5.10 Å². The summed E-state index contributed by atoms with van der Waals surface area (Å²) in [5.41, 5.74) is 0. The van der Waals surface area contributed by atoms with Crippen LogP contribution in [-0.2, 0) is 6.54 Å². The fourth-order valence-corrected chi connectivity index (χ4v) is 2.85. The first-order valence-electron chi connectivity index (χ1n) is 5.64. The molecule has 0 amide bonds. The van der Waals surface area contributed by atoms with Gasteiger partial charge in [-0.05, 0) is 34.9 Å². The first-order valence-corrected chi connectivity index (χ1v) is 7.10. The van der Waals surface area contributed by atoms with Crippen molar-refractivity contribution in [3.05, 3.63) is 14.9 Å². The lowest BCUT2D eigenvalue weighted by molar-refractivity contribution is 0.318. The Bertz CT molecular complexity index is 299. The van der Waals surface area contributed by atoms with Gasteiger partial charge in [0.1, 0.15) is 3.70 Å². The van der Waals surface area contributed by atoms with Crippen LogP contribution in [0.5, 0.6) is 0 Å². The summed E-state index contributed by atoms with van der Waals surface area (Å²) in [5.74, 6) is 0.916. The molecule has 1 aliphatic carbocycles. The van der Waals surface area contributed by atoms with Crippen LogP contribution in [-0.4, -0.2) is 9.78 Å². The van der Waals surface area contributed by atoms with E-state index in [9.17, 15) is 0 Å². The van der Waals surface area contributed by atoms with E-state index in [2.05, 4.69) is 27.7 Å². The number of hydrogen-bond acceptors (Lipinski definition) is 1. The average Bonchev–Trinajstić information content (AvgIpc) is 2.57. The standard InChI is InChI=1S/C11H16ClIN2/c12-10-8-15(14-11(10)13)7-6-9-4-2-1-3-5-9/h8-9H,1-7H2. The molecule has 1 aromatic rings. The minimum atomic E-state index is 0.777. The normalized spacial score (nSPS) is 18.3. The van der Waals surface area contributed by atoms with E-state index in [1.54, 1.807) is 0 Å². The second-order valence-corrected chi connectivity index (χ2v) is 5.75. The van der Waals surface area contributed by atoms with Gasteiger partial charge in [0.2, 0.25) is 0 Å². The molecule has 1 aromatic heterocycles. The molecule has 0 unspecified atom stereocenters. The third-order valence-electron chi connectivity index (χ3n) is 3.17. The number of hydrogen-bond donors (Lipinski definition) is 0. The van der Waals surface area contributed by atoms with Crippen molar-refractivity contribution in [2.75, 3.05) is 0 Å². The molecule has 0 atom stereocenters. The van der Waals surface area contributed by atoms with Gasteiger partial charge in [0.05, 0.1) is 5.02 Å². The zero-order chi connectivity index (χ0) is 10.7. The number of aromatic nitrogens is 2. The molecule has 15 heavy (non-hydrogen) atoms. The van der Waals surface area contributed by atoms with Crippen LogP contribution in [0.25, 0.3) is 0 Å². The Morgan fingerprint density at radius 1 is 1.40 bits per heavy atom. The van der Waals surface area contributed by atoms with Gasteiger partial charge < -0.3 is 0 Å². The van der Waals surface area contributed by atoms with Gasteiger partial charge >= 0.3 is 0 Å². The quantitative estimate of drug-likeness (QED) is 0.758. The largest absolute Gasteiger partial charge is 0.270 e. The summed E-state index contributed by atoms with van der Waals surface area (Å²) in [6, 6.07) is 0. The molecule has 1 heterocycles. The van der Waals surface area contributed by atoms with Crippen molar-refractivity contribution < 1.29 is 0 Å². The Kier molecular flexibility index (Phi) is 4.31. The predicted octanol–water partition coefficient (Wildman–Crippen LogP) is 4.11. The molecule has 0 radical (unpaired) electrons. The number of halogens is 2. The Morgan fingerprint density at radius 2 is 2.13 bits per heavy atom. The van der Waals surface area contributed by atoms with Crippen LogP contribution in [0.2, 0.25) is 5.02 Å². The second-order valence-electron chi connectivity index (χ2n) is 4.32. The second kappa shape index (κ2) is 5.53. The van der Waals surface area contributed by atoms with Crippen LogP contribution in [0.1, 0.15) is 38.5 Å². The highest BCUT2D eigenvalue weighted by Crippen LogP contribution is 2.27. The van der Waals surface area contributed by atoms with Gasteiger partial charge in [-0.3, -0.25) is 4.68 Å². The van der Waals surface area contributed by atoms with Crippen molar-refractivity contribution in [1.82, 2.24) is 9.78 Å². The van der Waals surface area contributed by atoms with E-state index in [0.717, 1.165) is 21.2 Å². The fraction of sp³-hybridized carbons (Fsp3) is 0.727. The highest BCUT2D eigenvalue weighted by Gasteiger charge is 2.13. The summed E-state index contributed by atoms with van der Waals surface area (Å²) in [6.07, 6.45) is 10.3. The van der Waals surface area contributed by atoms with Crippen LogP contribution < -0.4 is 0 Å². The Hall–Kier alpha value is 0.230. The van der Waals surface area contributed by atoms with Crippen LogP contribution in [0, 0.1) is 9.62 Å². The van der Waals surface area contributed by atoms with Crippen LogP contribution in [0.15, 0.2) is 6.20 Å². The maximum atomic E-state index is 5.96. The van der Waals surface area contributed by atoms with E-state index >= 15 is 0 Å². The maximum absolute atomic E-state index is 5.96. The minimum absolute atomic E-state index is 0.777. The van der Waals surface area contributed by atoms with Gasteiger partial charge in [-0.15, -0.1) is 0 Å². The highest BCUT2D eigenvalue weighted by atomic mass is 127. The van der Waals surface area contributed by atoms with Crippen LogP contribution in [0.4, 0.5) is 0 Å². The molecule has 0 spiro atoms. The van der Waals surface area contributed by atoms with Crippen molar-refractivity contribution in [1.29, 1.82) is 0 Å². The molecule has 0 saturated heterocycles. The molecule has 1 fully saturated rings. The summed E-state index contributed by atoms with van der Waals surface area (Å²) in [7, 11) is 0. The Morgan fingerprint density at radius 3 is 2.73 bits per heavy atom. The molecule has 1 saturated carbocycles. The summed E-state index contributed by atoms with van der Waals surface area (Å²) in [5, 5.41) is 5.14. The van der Waals surface area contributed by atoms with Crippen molar-refractivity contribution in [3.63, 3.8) is 0 Å². The maximum Gasteiger partial charge on any atom is 0.141 e. The van der Waals surface area contributed by atoms with E-state index in [1.165, 1.54) is 38.5 Å². The summed E-state index contributed by atoms with van der Waals surface area (Å²) < 4.78 is 2.90. The Labute approximate surface area is 110 Å². The minimum Gasteiger partial charge on any atom is -0.270 e. The van der Waals surface area contributed by atoms with Gasteiger partial charge in [-0.25, -0.2) is 0 Å². The zero-order valence-corrected chi connectivity index (χ0v) is 11.7. The summed E-state index contributed by atoms with van der Waals surface area (Å²) >= 11 is 8.14. The van der Waals surface area contributed by atoms with E-state index in [0.29, 0.717) is 0 Å². The molecule has 0 bridgehead atoms. The van der Waals surface area contributed by atoms with Gasteiger partial charge in [0.15, 0.2) is 0 Å². The molecule has 0 N–H and O–H groups in total. The van der Waals surface area contributed by atoms with E-state index in [-0.39, 0.29) is 0 Å². The van der Waals surface area contributed by atoms with Crippen molar-refractivity contribution in [2.24, 2.45) is 5.92 Å². The predicted molar refractivity (Wildman–Crippen MR) is 71.1 cm³/mol. The number of aryl methyl sites for hydroxylation is 1.